The lowest BCUT2D eigenvalue weighted by atomic mass is 10.1. The molecule has 0 aliphatic rings. The van der Waals surface area contributed by atoms with E-state index in [-0.39, 0.29) is 5.82 Å². The van der Waals surface area contributed by atoms with Crippen molar-refractivity contribution in [3.05, 3.63) is 77.7 Å². The Morgan fingerprint density at radius 2 is 1.96 bits per heavy atom. The Morgan fingerprint density at radius 1 is 1.12 bits per heavy atom. The summed E-state index contributed by atoms with van der Waals surface area (Å²) in [5.74, 6) is 0.322. The van der Waals surface area contributed by atoms with Gasteiger partial charge in [-0.25, -0.2) is 4.39 Å². The number of benzene rings is 2. The van der Waals surface area contributed by atoms with Crippen LogP contribution in [0.15, 0.2) is 60.8 Å². The summed E-state index contributed by atoms with van der Waals surface area (Å²) < 4.78 is 15.0. The van der Waals surface area contributed by atoms with E-state index >= 15 is 0 Å². The third kappa shape index (κ3) is 4.17. The molecule has 122 valence electrons. The second-order valence-electron chi connectivity index (χ2n) is 5.41. The second kappa shape index (κ2) is 7.23. The summed E-state index contributed by atoms with van der Waals surface area (Å²) in [6.45, 7) is 2.77. The standard InChI is InChI=1S/C18H17FN4S/c1-13-5-2-3-6-14(13)12-23-10-9-17(22-23)21-18(24)20-16-8-4-7-15(19)11-16/h2-11H,12H2,1H3,(H2,20,21,22,24). The van der Waals surface area contributed by atoms with Gasteiger partial charge in [-0.2, -0.15) is 5.10 Å². The lowest BCUT2D eigenvalue weighted by molar-refractivity contribution is 0.628. The summed E-state index contributed by atoms with van der Waals surface area (Å²) in [5.41, 5.74) is 3.03. The number of aromatic nitrogens is 2. The van der Waals surface area contributed by atoms with Gasteiger partial charge in [0.25, 0.3) is 0 Å². The monoisotopic (exact) mass is 340 g/mol. The Morgan fingerprint density at radius 3 is 2.75 bits per heavy atom. The van der Waals surface area contributed by atoms with Gasteiger partial charge in [0, 0.05) is 18.0 Å². The first-order valence-electron chi connectivity index (χ1n) is 7.52. The highest BCUT2D eigenvalue weighted by Gasteiger charge is 2.04. The van der Waals surface area contributed by atoms with Crippen LogP contribution in [0.5, 0.6) is 0 Å². The van der Waals surface area contributed by atoms with E-state index in [1.54, 1.807) is 12.1 Å². The summed E-state index contributed by atoms with van der Waals surface area (Å²) in [7, 11) is 0. The Hall–Kier alpha value is -2.73. The molecule has 0 atom stereocenters. The average Bonchev–Trinajstić information content (AvgIpc) is 2.96. The second-order valence-corrected chi connectivity index (χ2v) is 5.82. The van der Waals surface area contributed by atoms with Gasteiger partial charge in [0.15, 0.2) is 10.9 Å². The van der Waals surface area contributed by atoms with Crippen molar-refractivity contribution < 1.29 is 4.39 Å². The predicted molar refractivity (Wildman–Crippen MR) is 98.8 cm³/mol. The van der Waals surface area contributed by atoms with Crippen LogP contribution >= 0.6 is 12.2 Å². The predicted octanol–water partition coefficient (Wildman–Crippen LogP) is 4.19. The van der Waals surface area contributed by atoms with Gasteiger partial charge in [-0.3, -0.25) is 4.68 Å². The number of aryl methyl sites for hydroxylation is 1. The van der Waals surface area contributed by atoms with Crippen LogP contribution in [0.1, 0.15) is 11.1 Å². The zero-order valence-electron chi connectivity index (χ0n) is 13.2. The molecule has 24 heavy (non-hydrogen) atoms. The van der Waals surface area contributed by atoms with Crippen molar-refractivity contribution in [3.8, 4) is 0 Å². The lowest BCUT2D eigenvalue weighted by Crippen LogP contribution is -2.19. The average molecular weight is 340 g/mol. The van der Waals surface area contributed by atoms with Crippen molar-refractivity contribution in [2.45, 2.75) is 13.5 Å². The number of nitrogens with zero attached hydrogens (tertiary/aromatic N) is 2. The van der Waals surface area contributed by atoms with Crippen LogP contribution < -0.4 is 10.6 Å². The zero-order valence-corrected chi connectivity index (χ0v) is 14.0. The molecule has 0 saturated heterocycles. The number of nitrogens with one attached hydrogen (secondary N) is 2. The maximum atomic E-state index is 13.2. The van der Waals surface area contributed by atoms with E-state index in [1.807, 2.05) is 29.1 Å². The fraction of sp³-hybridized carbons (Fsp3) is 0.111. The lowest BCUT2D eigenvalue weighted by Gasteiger charge is -2.09. The molecule has 0 bridgehead atoms. The quantitative estimate of drug-likeness (QED) is 0.699. The fourth-order valence-electron chi connectivity index (χ4n) is 2.32. The highest BCUT2D eigenvalue weighted by atomic mass is 32.1. The highest BCUT2D eigenvalue weighted by molar-refractivity contribution is 7.80. The van der Waals surface area contributed by atoms with Crippen LogP contribution in [0.2, 0.25) is 0 Å². The van der Waals surface area contributed by atoms with Crippen LogP contribution in [0.3, 0.4) is 0 Å². The Balaban J connectivity index is 1.61. The van der Waals surface area contributed by atoms with Gasteiger partial charge in [-0.15, -0.1) is 0 Å². The number of anilines is 2. The van der Waals surface area contributed by atoms with Gasteiger partial charge in [0.2, 0.25) is 0 Å². The molecule has 6 heteroatoms. The van der Waals surface area contributed by atoms with Crippen molar-refractivity contribution in [1.29, 1.82) is 0 Å². The van der Waals surface area contributed by atoms with Crippen molar-refractivity contribution in [1.82, 2.24) is 9.78 Å². The number of rotatable bonds is 4. The fourth-order valence-corrected chi connectivity index (χ4v) is 2.55. The summed E-state index contributed by atoms with van der Waals surface area (Å²) >= 11 is 5.23. The minimum atomic E-state index is -0.315. The minimum absolute atomic E-state index is 0.315. The molecule has 4 nitrogen and oxygen atoms in total. The van der Waals surface area contributed by atoms with Crippen LogP contribution in [0.25, 0.3) is 0 Å². The van der Waals surface area contributed by atoms with E-state index in [2.05, 4.69) is 34.8 Å². The summed E-state index contributed by atoms with van der Waals surface area (Å²) in [6.07, 6.45) is 1.89. The number of hydrogen-bond acceptors (Lipinski definition) is 2. The molecular formula is C18H17FN4S. The van der Waals surface area contributed by atoms with Gasteiger partial charge in [-0.05, 0) is 48.5 Å². The van der Waals surface area contributed by atoms with E-state index in [0.717, 1.165) is 0 Å². The maximum absolute atomic E-state index is 13.2. The van der Waals surface area contributed by atoms with Crippen LogP contribution in [-0.2, 0) is 6.54 Å². The summed E-state index contributed by atoms with van der Waals surface area (Å²) in [4.78, 5) is 0. The Kier molecular flexibility index (Phi) is 4.86. The third-order valence-electron chi connectivity index (χ3n) is 3.56. The normalized spacial score (nSPS) is 10.4. The van der Waals surface area contributed by atoms with E-state index in [0.29, 0.717) is 23.2 Å². The Labute approximate surface area is 145 Å². The first-order valence-corrected chi connectivity index (χ1v) is 7.92. The Bertz CT molecular complexity index is 859. The van der Waals surface area contributed by atoms with Crippen LogP contribution in [0, 0.1) is 12.7 Å². The number of thiocarbonyl (C=S) groups is 1. The SMILES string of the molecule is Cc1ccccc1Cn1ccc(NC(=S)Nc2cccc(F)c2)n1. The molecule has 1 heterocycles. The molecule has 0 spiro atoms. The minimum Gasteiger partial charge on any atom is -0.332 e. The largest absolute Gasteiger partial charge is 0.332 e. The molecule has 3 aromatic rings. The highest BCUT2D eigenvalue weighted by Crippen LogP contribution is 2.12. The van der Waals surface area contributed by atoms with Gasteiger partial charge in [-0.1, -0.05) is 30.3 Å². The van der Waals surface area contributed by atoms with Gasteiger partial charge in [0.05, 0.1) is 6.54 Å². The zero-order chi connectivity index (χ0) is 16.9. The summed E-state index contributed by atoms with van der Waals surface area (Å²) in [5, 5.41) is 10.7. The molecule has 0 amide bonds. The maximum Gasteiger partial charge on any atom is 0.176 e. The van der Waals surface area contributed by atoms with E-state index in [9.17, 15) is 4.39 Å². The molecule has 0 fully saturated rings. The molecule has 2 aromatic carbocycles. The van der Waals surface area contributed by atoms with E-state index < -0.39 is 0 Å². The molecule has 0 radical (unpaired) electrons. The van der Waals surface area contributed by atoms with E-state index in [1.165, 1.54) is 23.3 Å². The third-order valence-corrected chi connectivity index (χ3v) is 3.76. The molecule has 0 unspecified atom stereocenters. The first-order chi connectivity index (χ1) is 11.6. The van der Waals surface area contributed by atoms with Gasteiger partial charge >= 0.3 is 0 Å². The van der Waals surface area contributed by atoms with Crippen molar-refractivity contribution in [2.24, 2.45) is 0 Å². The molecule has 3 rings (SSSR count). The molecule has 1 aromatic heterocycles. The van der Waals surface area contributed by atoms with Crippen LogP contribution in [-0.4, -0.2) is 14.9 Å². The topological polar surface area (TPSA) is 41.9 Å². The van der Waals surface area contributed by atoms with Crippen molar-refractivity contribution >= 4 is 28.8 Å². The molecule has 0 saturated carbocycles. The van der Waals surface area contributed by atoms with Gasteiger partial charge in [0.1, 0.15) is 5.82 Å². The molecular weight excluding hydrogens is 323 g/mol. The van der Waals surface area contributed by atoms with Gasteiger partial charge < -0.3 is 10.6 Å². The first kappa shape index (κ1) is 16.1. The summed E-state index contributed by atoms with van der Waals surface area (Å²) in [6, 6.07) is 16.2. The smallest absolute Gasteiger partial charge is 0.176 e. The molecule has 2 N–H and O–H groups in total. The number of hydrogen-bond donors (Lipinski definition) is 2. The van der Waals surface area contributed by atoms with Crippen LogP contribution in [0.4, 0.5) is 15.9 Å². The van der Waals surface area contributed by atoms with Crippen molar-refractivity contribution in [2.75, 3.05) is 10.6 Å². The van der Waals surface area contributed by atoms with Crippen molar-refractivity contribution in [3.63, 3.8) is 0 Å². The number of halogens is 1. The van der Waals surface area contributed by atoms with E-state index in [4.69, 9.17) is 12.2 Å². The molecule has 0 aliphatic carbocycles. The molecule has 0 aliphatic heterocycles.